The Bertz CT molecular complexity index is 908. The molecule has 138 valence electrons. The molecule has 8 heteroatoms. The van der Waals surface area contributed by atoms with Gasteiger partial charge in [0, 0.05) is 11.8 Å². The van der Waals surface area contributed by atoms with E-state index < -0.39 is 0 Å². The fourth-order valence-corrected chi connectivity index (χ4v) is 2.27. The standard InChI is InChI=1S/C19H18N4O4/c1-2-26-19(25)13-5-7-14(8-6-13)23-17-10-16(21-12-22-17)18(24)20-11-15-4-3-9-27-15/h3-10,12H,2,11H2,1H3,(H,20,24)(H,21,22,23). The Morgan fingerprint density at radius 2 is 1.96 bits per heavy atom. The van der Waals surface area contributed by atoms with Crippen molar-refractivity contribution in [3.05, 3.63) is 72.1 Å². The fourth-order valence-electron chi connectivity index (χ4n) is 2.27. The number of hydrogen-bond donors (Lipinski definition) is 2. The van der Waals surface area contributed by atoms with Gasteiger partial charge in [-0.3, -0.25) is 4.79 Å². The third-order valence-corrected chi connectivity index (χ3v) is 3.57. The Morgan fingerprint density at radius 3 is 2.67 bits per heavy atom. The van der Waals surface area contributed by atoms with E-state index in [1.807, 2.05) is 0 Å². The third-order valence-electron chi connectivity index (χ3n) is 3.57. The van der Waals surface area contributed by atoms with Crippen LogP contribution in [0.25, 0.3) is 0 Å². The molecule has 3 rings (SSSR count). The van der Waals surface area contributed by atoms with Crippen LogP contribution < -0.4 is 10.6 Å². The van der Waals surface area contributed by atoms with Crippen molar-refractivity contribution in [2.45, 2.75) is 13.5 Å². The molecule has 2 aromatic heterocycles. The number of hydrogen-bond acceptors (Lipinski definition) is 7. The number of aromatic nitrogens is 2. The third kappa shape index (κ3) is 4.91. The van der Waals surface area contributed by atoms with Crippen LogP contribution in [0, 0.1) is 0 Å². The number of amides is 1. The van der Waals surface area contributed by atoms with Gasteiger partial charge >= 0.3 is 5.97 Å². The van der Waals surface area contributed by atoms with Gasteiger partial charge < -0.3 is 19.8 Å². The molecule has 1 aromatic carbocycles. The first kappa shape index (κ1) is 18.1. The molecule has 0 bridgehead atoms. The Labute approximate surface area is 155 Å². The number of nitrogens with zero attached hydrogens (tertiary/aromatic N) is 2. The first-order chi connectivity index (χ1) is 13.2. The number of benzene rings is 1. The molecule has 2 heterocycles. The van der Waals surface area contributed by atoms with E-state index >= 15 is 0 Å². The highest BCUT2D eigenvalue weighted by atomic mass is 16.5. The van der Waals surface area contributed by atoms with Gasteiger partial charge in [-0.1, -0.05) is 0 Å². The van der Waals surface area contributed by atoms with Gasteiger partial charge in [0.15, 0.2) is 0 Å². The molecule has 1 amide bonds. The summed E-state index contributed by atoms with van der Waals surface area (Å²) in [5.41, 5.74) is 1.40. The zero-order valence-corrected chi connectivity index (χ0v) is 14.6. The van der Waals surface area contributed by atoms with Gasteiger partial charge in [-0.15, -0.1) is 0 Å². The van der Waals surface area contributed by atoms with Crippen molar-refractivity contribution < 1.29 is 18.7 Å². The number of ether oxygens (including phenoxy) is 1. The van der Waals surface area contributed by atoms with Crippen LogP contribution in [0.4, 0.5) is 11.5 Å². The molecule has 0 spiro atoms. The summed E-state index contributed by atoms with van der Waals surface area (Å²) in [6, 6.07) is 11.8. The average molecular weight is 366 g/mol. The number of esters is 1. The van der Waals surface area contributed by atoms with Gasteiger partial charge in [-0.05, 0) is 43.3 Å². The highest BCUT2D eigenvalue weighted by Crippen LogP contribution is 2.16. The smallest absolute Gasteiger partial charge is 0.338 e. The van der Waals surface area contributed by atoms with Crippen molar-refractivity contribution >= 4 is 23.4 Å². The van der Waals surface area contributed by atoms with Crippen LogP contribution in [0.3, 0.4) is 0 Å². The van der Waals surface area contributed by atoms with Crippen molar-refractivity contribution in [2.24, 2.45) is 0 Å². The van der Waals surface area contributed by atoms with Crippen molar-refractivity contribution in [1.29, 1.82) is 0 Å². The molecule has 0 atom stereocenters. The first-order valence-electron chi connectivity index (χ1n) is 8.32. The number of anilines is 2. The van der Waals surface area contributed by atoms with Crippen LogP contribution in [0.15, 0.2) is 59.5 Å². The summed E-state index contributed by atoms with van der Waals surface area (Å²) in [5, 5.41) is 5.79. The Hall–Kier alpha value is -3.68. The lowest BCUT2D eigenvalue weighted by Crippen LogP contribution is -2.23. The van der Waals surface area contributed by atoms with Crippen molar-refractivity contribution in [2.75, 3.05) is 11.9 Å². The first-order valence-corrected chi connectivity index (χ1v) is 8.32. The summed E-state index contributed by atoms with van der Waals surface area (Å²) in [5.74, 6) is 0.394. The molecule has 0 aliphatic carbocycles. The lowest BCUT2D eigenvalue weighted by Gasteiger charge is -2.08. The zero-order valence-electron chi connectivity index (χ0n) is 14.6. The van der Waals surface area contributed by atoms with Crippen molar-refractivity contribution in [3.8, 4) is 0 Å². The molecule has 0 aliphatic rings. The van der Waals surface area contributed by atoms with Gasteiger partial charge in [0.2, 0.25) is 0 Å². The van der Waals surface area contributed by atoms with Gasteiger partial charge in [-0.25, -0.2) is 14.8 Å². The van der Waals surface area contributed by atoms with E-state index in [0.29, 0.717) is 29.4 Å². The number of furan rings is 1. The minimum Gasteiger partial charge on any atom is -0.467 e. The van der Waals surface area contributed by atoms with Gasteiger partial charge in [0.25, 0.3) is 5.91 Å². The SMILES string of the molecule is CCOC(=O)c1ccc(Nc2cc(C(=O)NCc3ccco3)ncn2)cc1. The van der Waals surface area contributed by atoms with Crippen molar-refractivity contribution in [3.63, 3.8) is 0 Å². The van der Waals surface area contributed by atoms with Crippen LogP contribution in [0.1, 0.15) is 33.5 Å². The summed E-state index contributed by atoms with van der Waals surface area (Å²) in [4.78, 5) is 32.0. The second-order valence-electron chi connectivity index (χ2n) is 5.47. The lowest BCUT2D eigenvalue weighted by atomic mass is 10.2. The summed E-state index contributed by atoms with van der Waals surface area (Å²) in [7, 11) is 0. The van der Waals surface area contributed by atoms with Crippen LogP contribution in [0.5, 0.6) is 0 Å². The van der Waals surface area contributed by atoms with E-state index in [9.17, 15) is 9.59 Å². The summed E-state index contributed by atoms with van der Waals surface area (Å²) >= 11 is 0. The minimum absolute atomic E-state index is 0.224. The van der Waals surface area contributed by atoms with Gasteiger partial charge in [0.05, 0.1) is 25.0 Å². The predicted octanol–water partition coefficient (Wildman–Crippen LogP) is 2.92. The van der Waals surface area contributed by atoms with E-state index in [4.69, 9.17) is 9.15 Å². The number of carbonyl (C=O) groups is 2. The maximum atomic E-state index is 12.2. The Balaban J connectivity index is 1.63. The fraction of sp³-hybridized carbons (Fsp3) is 0.158. The summed E-state index contributed by atoms with van der Waals surface area (Å²) < 4.78 is 10.1. The minimum atomic E-state index is -0.374. The van der Waals surface area contributed by atoms with Crippen LogP contribution in [-0.2, 0) is 11.3 Å². The van der Waals surface area contributed by atoms with E-state index in [-0.39, 0.29) is 24.1 Å². The second kappa shape index (κ2) is 8.61. The van der Waals surface area contributed by atoms with Crippen LogP contribution in [-0.4, -0.2) is 28.5 Å². The Morgan fingerprint density at radius 1 is 1.15 bits per heavy atom. The molecule has 0 unspecified atom stereocenters. The zero-order chi connectivity index (χ0) is 19.1. The highest BCUT2D eigenvalue weighted by Gasteiger charge is 2.10. The molecule has 0 radical (unpaired) electrons. The lowest BCUT2D eigenvalue weighted by molar-refractivity contribution is 0.0526. The predicted molar refractivity (Wildman–Crippen MR) is 97.6 cm³/mol. The van der Waals surface area contributed by atoms with Crippen molar-refractivity contribution in [1.82, 2.24) is 15.3 Å². The monoisotopic (exact) mass is 366 g/mol. The molecule has 0 fully saturated rings. The van der Waals surface area contributed by atoms with E-state index in [0.717, 1.165) is 0 Å². The van der Waals surface area contributed by atoms with E-state index in [2.05, 4.69) is 20.6 Å². The summed E-state index contributed by atoms with van der Waals surface area (Å²) in [6.07, 6.45) is 2.85. The van der Waals surface area contributed by atoms with Gasteiger partial charge in [-0.2, -0.15) is 0 Å². The molecule has 27 heavy (non-hydrogen) atoms. The molecule has 3 aromatic rings. The van der Waals surface area contributed by atoms with E-state index in [1.165, 1.54) is 12.4 Å². The number of carbonyl (C=O) groups excluding carboxylic acids is 2. The quantitative estimate of drug-likeness (QED) is 0.619. The molecule has 0 aliphatic heterocycles. The van der Waals surface area contributed by atoms with E-state index in [1.54, 1.807) is 49.6 Å². The molecule has 0 saturated heterocycles. The number of rotatable bonds is 7. The Kier molecular flexibility index (Phi) is 5.78. The maximum absolute atomic E-state index is 12.2. The largest absolute Gasteiger partial charge is 0.467 e. The molecule has 0 saturated carbocycles. The highest BCUT2D eigenvalue weighted by molar-refractivity contribution is 5.93. The maximum Gasteiger partial charge on any atom is 0.338 e. The molecule has 8 nitrogen and oxygen atoms in total. The second-order valence-corrected chi connectivity index (χ2v) is 5.47. The molecular weight excluding hydrogens is 348 g/mol. The topological polar surface area (TPSA) is 106 Å². The van der Waals surface area contributed by atoms with Crippen LogP contribution in [0.2, 0.25) is 0 Å². The number of nitrogens with one attached hydrogen (secondary N) is 2. The summed E-state index contributed by atoms with van der Waals surface area (Å²) in [6.45, 7) is 2.35. The molecular formula is C19H18N4O4. The average Bonchev–Trinajstić information content (AvgIpc) is 3.21. The van der Waals surface area contributed by atoms with Gasteiger partial charge in [0.1, 0.15) is 23.6 Å². The normalized spacial score (nSPS) is 10.3. The molecule has 2 N–H and O–H groups in total. The van der Waals surface area contributed by atoms with Crippen LogP contribution >= 0.6 is 0 Å².